The molecule has 0 unspecified atom stereocenters. The van der Waals surface area contributed by atoms with Crippen LogP contribution in [0.25, 0.3) is 0 Å². The average molecular weight is 278 g/mol. The molecule has 0 aliphatic heterocycles. The highest BCUT2D eigenvalue weighted by atomic mass is 32.2. The summed E-state index contributed by atoms with van der Waals surface area (Å²) in [6, 6.07) is 1.65. The number of nitrogens with one attached hydrogen (secondary N) is 1. The summed E-state index contributed by atoms with van der Waals surface area (Å²) in [5, 5.41) is 4.76. The molecule has 5 nitrogen and oxygen atoms in total. The highest BCUT2D eigenvalue weighted by molar-refractivity contribution is 7.89. The van der Waals surface area contributed by atoms with Crippen LogP contribution in [0.3, 0.4) is 0 Å². The Balaban J connectivity index is 2.92. The first-order valence-corrected chi connectivity index (χ1v) is 7.52. The molecular formula is C10H18N2O3S2. The van der Waals surface area contributed by atoms with Crippen LogP contribution in [0.4, 0.5) is 0 Å². The minimum Gasteiger partial charge on any atom is -0.383 e. The number of sulfonamides is 1. The van der Waals surface area contributed by atoms with E-state index < -0.39 is 10.0 Å². The van der Waals surface area contributed by atoms with E-state index >= 15 is 0 Å². The molecule has 1 aromatic rings. The molecule has 0 amide bonds. The molecule has 0 fully saturated rings. The van der Waals surface area contributed by atoms with Gasteiger partial charge in [-0.1, -0.05) is 0 Å². The maximum Gasteiger partial charge on any atom is 0.244 e. The predicted molar refractivity (Wildman–Crippen MR) is 68.8 cm³/mol. The maximum atomic E-state index is 12.2. The van der Waals surface area contributed by atoms with Gasteiger partial charge in [-0.05, 0) is 18.5 Å². The number of thiophene rings is 1. The predicted octanol–water partition coefficient (Wildman–Crippen LogP) is 0.734. The molecule has 0 radical (unpaired) electrons. The number of nitrogens with zero attached hydrogens (tertiary/aromatic N) is 1. The number of likely N-dealkylation sites (N-methyl/N-ethyl adjacent to an activating group) is 1. The summed E-state index contributed by atoms with van der Waals surface area (Å²) in [7, 11) is 1.52. The van der Waals surface area contributed by atoms with Gasteiger partial charge in [0.1, 0.15) is 0 Å². The van der Waals surface area contributed by atoms with Crippen LogP contribution < -0.4 is 5.32 Å². The highest BCUT2D eigenvalue weighted by Crippen LogP contribution is 2.24. The van der Waals surface area contributed by atoms with Gasteiger partial charge in [-0.15, -0.1) is 11.3 Å². The Hall–Kier alpha value is -0.470. The first kappa shape index (κ1) is 14.6. The fraction of sp³-hybridized carbons (Fsp3) is 0.600. The molecule has 17 heavy (non-hydrogen) atoms. The fourth-order valence-electron chi connectivity index (χ4n) is 1.36. The molecule has 0 saturated heterocycles. The summed E-state index contributed by atoms with van der Waals surface area (Å²) < 4.78 is 30.7. The lowest BCUT2D eigenvalue weighted by atomic mass is 10.5. The molecule has 7 heteroatoms. The number of rotatable bonds is 7. The van der Waals surface area contributed by atoms with Crippen molar-refractivity contribution >= 4 is 21.4 Å². The second kappa shape index (κ2) is 6.46. The van der Waals surface area contributed by atoms with Gasteiger partial charge in [0.05, 0.1) is 11.5 Å². The quantitative estimate of drug-likeness (QED) is 0.799. The van der Waals surface area contributed by atoms with E-state index in [1.165, 1.54) is 15.6 Å². The Morgan fingerprint density at radius 3 is 2.82 bits per heavy atom. The van der Waals surface area contributed by atoms with E-state index in [4.69, 9.17) is 4.74 Å². The van der Waals surface area contributed by atoms with Crippen molar-refractivity contribution in [3.05, 3.63) is 16.3 Å². The zero-order valence-electron chi connectivity index (χ0n) is 10.3. The summed E-state index contributed by atoms with van der Waals surface area (Å²) in [5.41, 5.74) is 0. The van der Waals surface area contributed by atoms with Gasteiger partial charge in [0, 0.05) is 32.1 Å². The number of methoxy groups -OCH3 is 1. The van der Waals surface area contributed by atoms with Crippen molar-refractivity contribution in [2.45, 2.75) is 11.4 Å². The minimum absolute atomic E-state index is 0.355. The molecular weight excluding hydrogens is 260 g/mol. The van der Waals surface area contributed by atoms with Crippen molar-refractivity contribution in [2.75, 3.05) is 34.4 Å². The van der Waals surface area contributed by atoms with Gasteiger partial charge in [-0.2, -0.15) is 4.31 Å². The van der Waals surface area contributed by atoms with Crippen molar-refractivity contribution in [3.63, 3.8) is 0 Å². The standard InChI is InChI=1S/C10H18N2O3S2/c1-11-8-9-10(4-7-16-9)17(13,14)12(2)5-6-15-3/h4,7,11H,5-6,8H2,1-3H3. The van der Waals surface area contributed by atoms with E-state index in [2.05, 4.69) is 5.32 Å². The van der Waals surface area contributed by atoms with Gasteiger partial charge < -0.3 is 10.1 Å². The lowest BCUT2D eigenvalue weighted by Gasteiger charge is -2.16. The van der Waals surface area contributed by atoms with E-state index in [1.807, 2.05) is 0 Å². The monoisotopic (exact) mass is 278 g/mol. The molecule has 0 atom stereocenters. The van der Waals surface area contributed by atoms with Gasteiger partial charge >= 0.3 is 0 Å². The van der Waals surface area contributed by atoms with Crippen molar-refractivity contribution in [2.24, 2.45) is 0 Å². The van der Waals surface area contributed by atoms with Gasteiger partial charge in [0.2, 0.25) is 10.0 Å². The summed E-state index contributed by atoms with van der Waals surface area (Å²) in [5.74, 6) is 0. The van der Waals surface area contributed by atoms with Crippen LogP contribution in [0.15, 0.2) is 16.3 Å². The van der Waals surface area contributed by atoms with Gasteiger partial charge in [0.15, 0.2) is 0 Å². The van der Waals surface area contributed by atoms with Gasteiger partial charge in [-0.25, -0.2) is 8.42 Å². The first-order valence-electron chi connectivity index (χ1n) is 5.20. The third-order valence-electron chi connectivity index (χ3n) is 2.34. The Bertz CT molecular complexity index is 442. The summed E-state index contributed by atoms with van der Waals surface area (Å²) >= 11 is 1.44. The van der Waals surface area contributed by atoms with E-state index in [9.17, 15) is 8.42 Å². The molecule has 98 valence electrons. The third kappa shape index (κ3) is 3.49. The zero-order valence-corrected chi connectivity index (χ0v) is 11.9. The van der Waals surface area contributed by atoms with Crippen molar-refractivity contribution < 1.29 is 13.2 Å². The molecule has 0 aromatic carbocycles. The molecule has 0 aliphatic rings. The lowest BCUT2D eigenvalue weighted by molar-refractivity contribution is 0.185. The van der Waals surface area contributed by atoms with Gasteiger partial charge in [-0.3, -0.25) is 0 Å². The number of hydrogen-bond acceptors (Lipinski definition) is 5. The molecule has 1 heterocycles. The van der Waals surface area contributed by atoms with Crippen molar-refractivity contribution in [1.82, 2.24) is 9.62 Å². The molecule has 1 N–H and O–H groups in total. The average Bonchev–Trinajstić information content (AvgIpc) is 2.75. The van der Waals surface area contributed by atoms with Crippen LogP contribution >= 0.6 is 11.3 Å². The molecule has 0 spiro atoms. The Morgan fingerprint density at radius 1 is 1.53 bits per heavy atom. The highest BCUT2D eigenvalue weighted by Gasteiger charge is 2.24. The largest absolute Gasteiger partial charge is 0.383 e. The van der Waals surface area contributed by atoms with E-state index in [-0.39, 0.29) is 0 Å². The van der Waals surface area contributed by atoms with E-state index in [0.717, 1.165) is 4.88 Å². The molecule has 0 bridgehead atoms. The van der Waals surface area contributed by atoms with Crippen LogP contribution in [0.1, 0.15) is 4.88 Å². The van der Waals surface area contributed by atoms with Crippen LogP contribution in [-0.4, -0.2) is 47.1 Å². The lowest BCUT2D eigenvalue weighted by Crippen LogP contribution is -2.30. The third-order valence-corrected chi connectivity index (χ3v) is 5.33. The Morgan fingerprint density at radius 2 is 2.24 bits per heavy atom. The zero-order chi connectivity index (χ0) is 12.9. The van der Waals surface area contributed by atoms with Crippen LogP contribution in [0.2, 0.25) is 0 Å². The molecule has 0 aliphatic carbocycles. The topological polar surface area (TPSA) is 58.6 Å². The first-order chi connectivity index (χ1) is 8.04. The van der Waals surface area contributed by atoms with E-state index in [0.29, 0.717) is 24.6 Å². The van der Waals surface area contributed by atoms with Crippen molar-refractivity contribution in [1.29, 1.82) is 0 Å². The second-order valence-corrected chi connectivity index (χ2v) is 6.57. The van der Waals surface area contributed by atoms with Crippen molar-refractivity contribution in [3.8, 4) is 0 Å². The summed E-state index contributed by atoms with van der Waals surface area (Å²) in [6.07, 6.45) is 0. The maximum absolute atomic E-state index is 12.2. The number of hydrogen-bond donors (Lipinski definition) is 1. The van der Waals surface area contributed by atoms with Crippen LogP contribution in [0, 0.1) is 0 Å². The minimum atomic E-state index is -3.40. The summed E-state index contributed by atoms with van der Waals surface area (Å²) in [6.45, 7) is 1.30. The SMILES string of the molecule is CNCc1sccc1S(=O)(=O)N(C)CCOC. The Kier molecular flexibility index (Phi) is 5.54. The summed E-state index contributed by atoms with van der Waals surface area (Å²) in [4.78, 5) is 1.22. The second-order valence-electron chi connectivity index (χ2n) is 3.56. The fourth-order valence-corrected chi connectivity index (χ4v) is 3.93. The van der Waals surface area contributed by atoms with E-state index in [1.54, 1.807) is 32.7 Å². The Labute approximate surface area is 106 Å². The number of ether oxygens (including phenoxy) is 1. The van der Waals surface area contributed by atoms with Gasteiger partial charge in [0.25, 0.3) is 0 Å². The van der Waals surface area contributed by atoms with Crippen LogP contribution in [0.5, 0.6) is 0 Å². The normalized spacial score (nSPS) is 12.2. The smallest absolute Gasteiger partial charge is 0.244 e. The molecule has 0 saturated carbocycles. The molecule has 1 rings (SSSR count). The van der Waals surface area contributed by atoms with Crippen LogP contribution in [-0.2, 0) is 21.3 Å². The molecule has 1 aromatic heterocycles.